The van der Waals surface area contributed by atoms with Gasteiger partial charge in [0, 0.05) is 33.4 Å². The maximum atomic E-state index is 12.6. The Kier molecular flexibility index (Phi) is 18.4. The lowest BCUT2D eigenvalue weighted by Gasteiger charge is -2.14. The Bertz CT molecular complexity index is 4910. The molecule has 0 fully saturated rings. The van der Waals surface area contributed by atoms with E-state index in [1.807, 2.05) is 0 Å². The topological polar surface area (TPSA) is 493 Å². The van der Waals surface area contributed by atoms with Crippen LogP contribution in [0, 0.1) is 25.2 Å². The highest BCUT2D eigenvalue weighted by Crippen LogP contribution is 2.46. The van der Waals surface area contributed by atoms with Gasteiger partial charge < -0.3 is 14.6 Å². The van der Waals surface area contributed by atoms with Gasteiger partial charge >= 0.3 is 0 Å². The van der Waals surface area contributed by atoms with E-state index in [4.69, 9.17) is 9.47 Å². The van der Waals surface area contributed by atoms with Crippen molar-refractivity contribution in [3.63, 3.8) is 0 Å². The average molecular weight is 1330 g/mol. The molecule has 0 saturated carbocycles. The normalized spacial score (nSPS) is 13.2. The first-order chi connectivity index (χ1) is 39.6. The number of azo groups is 3. The second-order valence-electron chi connectivity index (χ2n) is 18.0. The number of nitriles is 1. The van der Waals surface area contributed by atoms with Gasteiger partial charge in [0.2, 0.25) is 11.0 Å². The quantitative estimate of drug-likeness (QED) is 0.0128. The fourth-order valence-corrected chi connectivity index (χ4v) is 13.7. The van der Waals surface area contributed by atoms with Gasteiger partial charge in [-0.1, -0.05) is 23.5 Å². The molecule has 0 aliphatic rings. The summed E-state index contributed by atoms with van der Waals surface area (Å²) in [7, 11) is -29.1. The minimum Gasteiger partial charge on any atom is -0.493 e. The molecule has 0 amide bonds. The first-order valence-electron chi connectivity index (χ1n) is 23.8. The molecule has 8 aromatic rings. The van der Waals surface area contributed by atoms with Crippen LogP contribution in [0.25, 0.3) is 37.7 Å². The van der Waals surface area contributed by atoms with E-state index in [0.717, 1.165) is 17.8 Å². The number of aromatic hydroxyl groups is 1. The molecule has 0 radical (unpaired) electrons. The first-order valence-corrected chi connectivity index (χ1v) is 34.7. The number of ether oxygens (including phenoxy) is 2. The molecule has 31 nitrogen and oxygen atoms in total. The van der Waals surface area contributed by atoms with E-state index < -0.39 is 116 Å². The molecular formula is C46H42N10O21S8. The number of para-hydroxylation sites is 2. The van der Waals surface area contributed by atoms with Gasteiger partial charge in [-0.15, -0.1) is 42.4 Å². The lowest BCUT2D eigenvalue weighted by molar-refractivity contribution is 0.309. The predicted molar refractivity (Wildman–Crippen MR) is 305 cm³/mol. The summed E-state index contributed by atoms with van der Waals surface area (Å²) in [6.07, 6.45) is -0.660. The number of rotatable bonds is 24. The third-order valence-corrected chi connectivity index (χ3v) is 19.0. The van der Waals surface area contributed by atoms with E-state index in [-0.39, 0.29) is 114 Å². The fourth-order valence-electron chi connectivity index (χ4n) is 8.09. The summed E-state index contributed by atoms with van der Waals surface area (Å²) in [5.41, 5.74) is 0.396. The first kappa shape index (κ1) is 63.7. The molecule has 450 valence electrons. The average Bonchev–Trinajstić information content (AvgIpc) is 1.84. The van der Waals surface area contributed by atoms with Crippen molar-refractivity contribution in [2.24, 2.45) is 30.7 Å². The second-order valence-corrected chi connectivity index (χ2v) is 29.0. The van der Waals surface area contributed by atoms with Crippen molar-refractivity contribution in [1.29, 1.82) is 5.26 Å². The van der Waals surface area contributed by atoms with Gasteiger partial charge in [-0.3, -0.25) is 31.7 Å². The van der Waals surface area contributed by atoms with E-state index in [2.05, 4.69) is 46.7 Å². The largest absolute Gasteiger partial charge is 0.493 e. The molecule has 85 heavy (non-hydrogen) atoms. The third kappa shape index (κ3) is 15.4. The summed E-state index contributed by atoms with van der Waals surface area (Å²) >= 11 is 1.50. The van der Waals surface area contributed by atoms with Gasteiger partial charge in [0.25, 0.3) is 60.7 Å². The second kappa shape index (κ2) is 24.6. The molecule has 0 saturated heterocycles. The Labute approximate surface area is 490 Å². The Morgan fingerprint density at radius 1 is 0.624 bits per heavy atom. The number of fused-ring (bicyclic) bond motifs is 6. The van der Waals surface area contributed by atoms with Gasteiger partial charge in [-0.2, -0.15) is 55.8 Å². The number of aromatic nitrogens is 3. The summed E-state index contributed by atoms with van der Waals surface area (Å²) in [5, 5.41) is 46.2. The Morgan fingerprint density at radius 3 is 1.76 bits per heavy atom. The smallest absolute Gasteiger partial charge is 0.296 e. The highest BCUT2D eigenvalue weighted by atomic mass is 32.2. The molecule has 0 spiro atoms. The number of thioether (sulfide) groups is 1. The van der Waals surface area contributed by atoms with Gasteiger partial charge in [-0.25, -0.2) is 9.97 Å². The van der Waals surface area contributed by atoms with Crippen LogP contribution < -0.4 is 9.47 Å². The summed E-state index contributed by atoms with van der Waals surface area (Å²) < 4.78 is 216. The number of hydrogen-bond donors (Lipinski definition) is 7. The summed E-state index contributed by atoms with van der Waals surface area (Å²) in [6, 6.07) is 15.7. The van der Waals surface area contributed by atoms with Crippen LogP contribution in [0.3, 0.4) is 0 Å². The zero-order valence-corrected chi connectivity index (χ0v) is 49.8. The molecule has 0 bridgehead atoms. The van der Waals surface area contributed by atoms with Crippen molar-refractivity contribution >= 4 is 155 Å². The maximum absolute atomic E-state index is 12.6. The summed E-state index contributed by atoms with van der Waals surface area (Å²) in [5.74, 6) is -2.99. The molecule has 3 heterocycles. The molecule has 8 rings (SSSR count). The lowest BCUT2D eigenvalue weighted by Crippen LogP contribution is -2.09. The number of thiazole rings is 1. The number of pyridine rings is 1. The number of benzene rings is 5. The Hall–Kier alpha value is -7.30. The van der Waals surface area contributed by atoms with Gasteiger partial charge in [0.05, 0.1) is 62.5 Å². The Morgan fingerprint density at radius 2 is 1.19 bits per heavy atom. The number of hydrogen-bond acceptors (Lipinski definition) is 26. The van der Waals surface area contributed by atoms with Gasteiger partial charge in [0.15, 0.2) is 11.3 Å². The van der Waals surface area contributed by atoms with Crippen LogP contribution >= 0.6 is 23.1 Å². The van der Waals surface area contributed by atoms with Crippen LogP contribution in [-0.4, -0.2) is 134 Å². The van der Waals surface area contributed by atoms with Gasteiger partial charge in [0.1, 0.15) is 49.8 Å². The highest BCUT2D eigenvalue weighted by molar-refractivity contribution is 7.99. The molecule has 0 unspecified atom stereocenters. The Balaban J connectivity index is 1.24. The van der Waals surface area contributed by atoms with E-state index in [1.54, 1.807) is 24.3 Å². The third-order valence-electron chi connectivity index (χ3n) is 11.9. The molecule has 5 aromatic carbocycles. The van der Waals surface area contributed by atoms with Crippen LogP contribution in [0.4, 0.5) is 33.6 Å². The minimum absolute atomic E-state index is 0.000670. The van der Waals surface area contributed by atoms with E-state index in [9.17, 15) is 88.2 Å². The van der Waals surface area contributed by atoms with Crippen LogP contribution in [0.1, 0.15) is 36.0 Å². The van der Waals surface area contributed by atoms with Crippen LogP contribution in [0.5, 0.6) is 17.4 Å². The SMILES string of the molecule is Cc1cc(N=Nc2cc(OCCCS(=O)(=O)O)c(N=Nc3c(C)c(C#N)c4nc5ccccc5n4c3O)cc2OCCCS(=O)(=O)O)c(SCCCS(=O)(=O)O)cc1N=Nc1nc2c(S(=O)(=O)O)cc3c(S(=O)(=O)O)cc(S(=O)(=O)O)cc3c2s1. The standard InChI is InChI=1S/C46H42N10O21S8/c1-24-16-34(38(78-12-7-15-82(64,65)66)22-31(24)50-55-46-49-42-40(85(73,74)75)19-27-28(43(42)79-46)17-26(83(67,68)69)18-39(27)84(70,71)72)53-51-32-20-37(77-11-6-14-81(61,62)63)33(21-36(32)76-10-5-13-80(58,59)60)52-54-41-25(2)29(23-47)44-48-30-8-3-4-9-35(30)56(44)45(41)57/h3-4,8-9,16-22,57H,5-7,10-15H2,1-2H3,(H,58,59,60)(H,61,62,63)(H,64,65,66)(H,67,68,69)(H,70,71,72)(H,73,74,75). The zero-order chi connectivity index (χ0) is 62.2. The molecule has 0 aliphatic carbocycles. The number of nitrogens with zero attached hydrogens (tertiary/aromatic N) is 10. The minimum atomic E-state index is -5.33. The fraction of sp³-hybridized carbons (Fsp3) is 0.239. The van der Waals surface area contributed by atoms with E-state index in [1.165, 1.54) is 42.5 Å². The summed E-state index contributed by atoms with van der Waals surface area (Å²) in [4.78, 5) is 5.66. The highest BCUT2D eigenvalue weighted by Gasteiger charge is 2.28. The number of aryl methyl sites for hydroxylation is 1. The molecular weight excluding hydrogens is 1290 g/mol. The van der Waals surface area contributed by atoms with Crippen molar-refractivity contribution in [2.75, 3.05) is 36.2 Å². The van der Waals surface area contributed by atoms with Crippen LogP contribution in [0.2, 0.25) is 0 Å². The molecule has 3 aromatic heterocycles. The lowest BCUT2D eigenvalue weighted by atomic mass is 10.1. The van der Waals surface area contributed by atoms with Crippen molar-refractivity contribution in [1.82, 2.24) is 14.4 Å². The number of imidazole rings is 1. The van der Waals surface area contributed by atoms with Crippen molar-refractivity contribution in [3.8, 4) is 23.4 Å². The molecule has 39 heteroatoms. The molecule has 0 aliphatic heterocycles. The van der Waals surface area contributed by atoms with Crippen molar-refractivity contribution in [3.05, 3.63) is 83.4 Å². The maximum Gasteiger partial charge on any atom is 0.296 e. The van der Waals surface area contributed by atoms with Crippen molar-refractivity contribution < 1.29 is 92.4 Å². The van der Waals surface area contributed by atoms with E-state index in [0.29, 0.717) is 34.5 Å². The van der Waals surface area contributed by atoms with Crippen LogP contribution in [-0.2, 0) is 60.7 Å². The monoisotopic (exact) mass is 1330 g/mol. The summed E-state index contributed by atoms with van der Waals surface area (Å²) in [6.45, 7) is 2.23. The molecule has 7 N–H and O–H groups in total. The van der Waals surface area contributed by atoms with Crippen LogP contribution in [0.15, 0.2) is 117 Å². The molecule has 0 atom stereocenters. The zero-order valence-electron chi connectivity index (χ0n) is 43.3. The van der Waals surface area contributed by atoms with Gasteiger partial charge in [-0.05, 0) is 86.9 Å². The predicted octanol–water partition coefficient (Wildman–Crippen LogP) is 9.11. The van der Waals surface area contributed by atoms with Crippen molar-refractivity contribution in [2.45, 2.75) is 52.7 Å². The van der Waals surface area contributed by atoms with E-state index >= 15 is 0 Å².